The number of aryl methyl sites for hydroxylation is 1. The third-order valence-corrected chi connectivity index (χ3v) is 6.48. The fourth-order valence-corrected chi connectivity index (χ4v) is 4.22. The van der Waals surface area contributed by atoms with E-state index < -0.39 is 5.54 Å². The van der Waals surface area contributed by atoms with Gasteiger partial charge in [-0.25, -0.2) is 0 Å². The number of pyridine rings is 1. The van der Waals surface area contributed by atoms with Crippen LogP contribution in [-0.2, 0) is 19.9 Å². The predicted molar refractivity (Wildman–Crippen MR) is 124 cm³/mol. The van der Waals surface area contributed by atoms with Crippen molar-refractivity contribution in [3.8, 4) is 5.75 Å². The summed E-state index contributed by atoms with van der Waals surface area (Å²) in [6, 6.07) is 13.9. The molecule has 1 aliphatic heterocycles. The van der Waals surface area contributed by atoms with Gasteiger partial charge in [0.25, 0.3) is 6.47 Å². The molecule has 2 N–H and O–H groups in total. The minimum absolute atomic E-state index is 0.0890. The molecule has 8 nitrogen and oxygen atoms in total. The van der Waals surface area contributed by atoms with Crippen LogP contribution < -0.4 is 10.1 Å². The fraction of sp³-hybridized carbons (Fsp3) is 0.480. The molecule has 4 rings (SSSR count). The number of benzene rings is 1. The minimum Gasteiger partial charge on any atom is -0.492 e. The van der Waals surface area contributed by atoms with E-state index >= 15 is 0 Å². The zero-order chi connectivity index (χ0) is 23.7. The molecule has 0 atom stereocenters. The molecule has 2 heterocycles. The number of nitrogens with zero attached hydrogens (tertiary/aromatic N) is 2. The van der Waals surface area contributed by atoms with E-state index in [0.717, 1.165) is 29.8 Å². The van der Waals surface area contributed by atoms with Gasteiger partial charge in [0.2, 0.25) is 5.91 Å². The Morgan fingerprint density at radius 3 is 2.42 bits per heavy atom. The highest BCUT2D eigenvalue weighted by Crippen LogP contribution is 2.46. The van der Waals surface area contributed by atoms with Gasteiger partial charge in [-0.15, -0.1) is 0 Å². The lowest BCUT2D eigenvalue weighted by Gasteiger charge is -2.43. The Bertz CT molecular complexity index is 894. The highest BCUT2D eigenvalue weighted by molar-refractivity contribution is 5.87. The van der Waals surface area contributed by atoms with Crippen molar-refractivity contribution in [2.24, 2.45) is 0 Å². The van der Waals surface area contributed by atoms with Gasteiger partial charge in [-0.2, -0.15) is 0 Å². The molecule has 2 fully saturated rings. The Labute approximate surface area is 194 Å². The summed E-state index contributed by atoms with van der Waals surface area (Å²) >= 11 is 0. The van der Waals surface area contributed by atoms with Crippen LogP contribution in [0.4, 0.5) is 0 Å². The molecule has 178 valence electrons. The number of likely N-dealkylation sites (N-methyl/N-ethyl adjacent to an activating group) is 1. The van der Waals surface area contributed by atoms with Crippen LogP contribution in [0.15, 0.2) is 48.7 Å². The second-order valence-electron chi connectivity index (χ2n) is 8.56. The Hall–Kier alpha value is -2.97. The molecule has 0 radical (unpaired) electrons. The molecular formula is C25H33N3O5. The first-order chi connectivity index (χ1) is 16.0. The number of hydrogen-bond donors (Lipinski definition) is 2. The summed E-state index contributed by atoms with van der Waals surface area (Å²) < 4.78 is 11.5. The van der Waals surface area contributed by atoms with Gasteiger partial charge in [-0.05, 0) is 63.4 Å². The molecule has 8 heteroatoms. The second-order valence-corrected chi connectivity index (χ2v) is 8.56. The molecule has 2 aliphatic rings. The van der Waals surface area contributed by atoms with E-state index in [1.807, 2.05) is 56.6 Å². The molecule has 33 heavy (non-hydrogen) atoms. The summed E-state index contributed by atoms with van der Waals surface area (Å²) in [5, 5.41) is 10.3. The molecule has 0 spiro atoms. The summed E-state index contributed by atoms with van der Waals surface area (Å²) in [5.74, 6) is 0.936. The maximum atomic E-state index is 13.6. The smallest absolute Gasteiger partial charge is 0.290 e. The number of carbonyl (C=O) groups excluding carboxylic acids is 1. The standard InChI is InChI=1S/C24H31N3O3.CH2O2/c1-19-8-9-20(18-25-19)23(10-11-23)26-22(28)24(12-15-29-16-13-24)27(2)14-17-30-21-6-4-3-5-7-21;2-1-3/h3-9,18H,10-17H2,1-2H3,(H,26,28);1H,(H,2,3). The Kier molecular flexibility index (Phi) is 8.41. The Balaban J connectivity index is 0.000000968. The lowest BCUT2D eigenvalue weighted by molar-refractivity contribution is -0.141. The van der Waals surface area contributed by atoms with Gasteiger partial charge in [-0.3, -0.25) is 19.5 Å². The summed E-state index contributed by atoms with van der Waals surface area (Å²) in [4.78, 5) is 28.6. The predicted octanol–water partition coefficient (Wildman–Crippen LogP) is 2.76. The van der Waals surface area contributed by atoms with E-state index in [1.165, 1.54) is 0 Å². The zero-order valence-electron chi connectivity index (χ0n) is 19.3. The van der Waals surface area contributed by atoms with Crippen LogP contribution in [0.1, 0.15) is 36.9 Å². The number of carboxylic acid groups (broad SMARTS) is 1. The number of carbonyl (C=O) groups is 2. The number of para-hydroxylation sites is 1. The third-order valence-electron chi connectivity index (χ3n) is 6.48. The number of ether oxygens (including phenoxy) is 2. The van der Waals surface area contributed by atoms with E-state index in [0.29, 0.717) is 39.2 Å². The van der Waals surface area contributed by atoms with Crippen LogP contribution in [0.5, 0.6) is 5.75 Å². The first-order valence-electron chi connectivity index (χ1n) is 11.3. The fourth-order valence-electron chi connectivity index (χ4n) is 4.22. The highest BCUT2D eigenvalue weighted by Gasteiger charge is 2.51. The quantitative estimate of drug-likeness (QED) is 0.590. The number of amides is 1. The van der Waals surface area contributed by atoms with Crippen LogP contribution in [0.25, 0.3) is 0 Å². The van der Waals surface area contributed by atoms with E-state index in [4.69, 9.17) is 19.4 Å². The van der Waals surface area contributed by atoms with E-state index in [9.17, 15) is 4.79 Å². The second kappa shape index (κ2) is 11.2. The molecule has 1 amide bonds. The van der Waals surface area contributed by atoms with Gasteiger partial charge < -0.3 is 19.9 Å². The number of rotatable bonds is 8. The van der Waals surface area contributed by atoms with Gasteiger partial charge in [0.1, 0.15) is 17.9 Å². The number of aromatic nitrogens is 1. The van der Waals surface area contributed by atoms with Crippen LogP contribution in [0.3, 0.4) is 0 Å². The van der Waals surface area contributed by atoms with Crippen molar-refractivity contribution in [1.29, 1.82) is 0 Å². The average Bonchev–Trinajstić information content (AvgIpc) is 3.61. The van der Waals surface area contributed by atoms with Gasteiger partial charge >= 0.3 is 0 Å². The minimum atomic E-state index is -0.577. The molecule has 0 bridgehead atoms. The van der Waals surface area contributed by atoms with Crippen molar-refractivity contribution in [1.82, 2.24) is 15.2 Å². The van der Waals surface area contributed by atoms with E-state index in [1.54, 1.807) is 0 Å². The SMILES string of the molecule is Cc1ccc(C2(NC(=O)C3(N(C)CCOc4ccccc4)CCOCC3)CC2)cn1.O=CO. The van der Waals surface area contributed by atoms with Crippen molar-refractivity contribution >= 4 is 12.4 Å². The van der Waals surface area contributed by atoms with Crippen LogP contribution in [-0.4, -0.2) is 66.3 Å². The van der Waals surface area contributed by atoms with Crippen molar-refractivity contribution in [2.45, 2.75) is 43.7 Å². The number of hydrogen-bond acceptors (Lipinski definition) is 6. The van der Waals surface area contributed by atoms with Crippen molar-refractivity contribution in [2.75, 3.05) is 33.4 Å². The summed E-state index contributed by atoms with van der Waals surface area (Å²) in [7, 11) is 2.02. The van der Waals surface area contributed by atoms with E-state index in [-0.39, 0.29) is 17.9 Å². The van der Waals surface area contributed by atoms with Crippen molar-refractivity contribution in [3.05, 3.63) is 59.9 Å². The molecule has 1 aliphatic carbocycles. The van der Waals surface area contributed by atoms with Gasteiger partial charge in [0.15, 0.2) is 0 Å². The molecule has 0 unspecified atom stereocenters. The molecule has 2 aromatic rings. The number of nitrogens with one attached hydrogen (secondary N) is 1. The Morgan fingerprint density at radius 2 is 1.85 bits per heavy atom. The van der Waals surface area contributed by atoms with Crippen molar-refractivity contribution < 1.29 is 24.2 Å². The zero-order valence-corrected chi connectivity index (χ0v) is 19.3. The topological polar surface area (TPSA) is 101 Å². The first-order valence-corrected chi connectivity index (χ1v) is 11.3. The maximum absolute atomic E-state index is 13.6. The van der Waals surface area contributed by atoms with Gasteiger partial charge in [0, 0.05) is 31.6 Å². The lowest BCUT2D eigenvalue weighted by Crippen LogP contribution is -2.62. The first kappa shape index (κ1) is 24.7. The van der Waals surface area contributed by atoms with Gasteiger partial charge in [-0.1, -0.05) is 24.3 Å². The summed E-state index contributed by atoms with van der Waals surface area (Å²) in [5.41, 5.74) is 1.23. The maximum Gasteiger partial charge on any atom is 0.290 e. The molecule has 1 saturated carbocycles. The normalized spacial score (nSPS) is 17.9. The third kappa shape index (κ3) is 6.09. The Morgan fingerprint density at radius 1 is 1.18 bits per heavy atom. The molecule has 1 saturated heterocycles. The van der Waals surface area contributed by atoms with Crippen LogP contribution in [0.2, 0.25) is 0 Å². The largest absolute Gasteiger partial charge is 0.492 e. The lowest BCUT2D eigenvalue weighted by atomic mass is 9.86. The summed E-state index contributed by atoms with van der Waals surface area (Å²) in [6.07, 6.45) is 5.18. The van der Waals surface area contributed by atoms with Crippen LogP contribution in [0, 0.1) is 6.92 Å². The van der Waals surface area contributed by atoms with Crippen LogP contribution >= 0.6 is 0 Å². The average molecular weight is 456 g/mol. The summed E-state index contributed by atoms with van der Waals surface area (Å²) in [6.45, 7) is 4.11. The van der Waals surface area contributed by atoms with Crippen molar-refractivity contribution in [3.63, 3.8) is 0 Å². The molecule has 1 aromatic heterocycles. The van der Waals surface area contributed by atoms with E-state index in [2.05, 4.69) is 21.3 Å². The monoisotopic (exact) mass is 455 g/mol. The van der Waals surface area contributed by atoms with Gasteiger partial charge in [0.05, 0.1) is 5.54 Å². The highest BCUT2D eigenvalue weighted by atomic mass is 16.5. The molecule has 1 aromatic carbocycles. The molecular weight excluding hydrogens is 422 g/mol.